The smallest absolute Gasteiger partial charge is 0.254 e. The fraction of sp³-hybridized carbons (Fsp3) is 0.333. The highest BCUT2D eigenvalue weighted by atomic mass is 32.2. The molecule has 0 saturated carbocycles. The summed E-state index contributed by atoms with van der Waals surface area (Å²) in [6.45, 7) is 6.34. The third kappa shape index (κ3) is 4.81. The number of hydrogen-bond donors (Lipinski definition) is 1. The molecule has 0 radical (unpaired) electrons. The molecule has 0 atom stereocenters. The van der Waals surface area contributed by atoms with Gasteiger partial charge in [0.05, 0.1) is 23.4 Å². The molecule has 0 spiro atoms. The lowest BCUT2D eigenvalue weighted by atomic mass is 10.1. The molecule has 1 amide bonds. The van der Waals surface area contributed by atoms with E-state index in [4.69, 9.17) is 4.42 Å². The number of furan rings is 1. The Kier molecular flexibility index (Phi) is 6.12. The van der Waals surface area contributed by atoms with Crippen molar-refractivity contribution in [1.29, 1.82) is 0 Å². The van der Waals surface area contributed by atoms with Crippen molar-refractivity contribution in [2.75, 3.05) is 31.1 Å². The fourth-order valence-corrected chi connectivity index (χ4v) is 5.30. The molecule has 1 fully saturated rings. The van der Waals surface area contributed by atoms with Crippen LogP contribution in [0.15, 0.2) is 51.3 Å². The maximum absolute atomic E-state index is 13.2. The zero-order valence-corrected chi connectivity index (χ0v) is 19.0. The Morgan fingerprint density at radius 2 is 1.97 bits per heavy atom. The summed E-state index contributed by atoms with van der Waals surface area (Å²) >= 11 is 1.60. The lowest BCUT2D eigenvalue weighted by molar-refractivity contribution is 0.0745. The number of amides is 1. The SMILES string of the molecule is Cc1csc(N2CCN(C(=O)c3cc(S(=O)(=O)NCc4ccco4)ccc3C)CC2)n1. The van der Waals surface area contributed by atoms with Crippen molar-refractivity contribution >= 4 is 32.4 Å². The van der Waals surface area contributed by atoms with Crippen molar-refractivity contribution in [2.24, 2.45) is 0 Å². The Balaban J connectivity index is 1.46. The Labute approximate surface area is 185 Å². The first-order valence-corrected chi connectivity index (χ1v) is 12.3. The van der Waals surface area contributed by atoms with Crippen molar-refractivity contribution in [3.05, 3.63) is 64.6 Å². The van der Waals surface area contributed by atoms with Crippen LogP contribution < -0.4 is 9.62 Å². The number of rotatable bonds is 6. The highest BCUT2D eigenvalue weighted by molar-refractivity contribution is 7.89. The van der Waals surface area contributed by atoms with Crippen LogP contribution >= 0.6 is 11.3 Å². The van der Waals surface area contributed by atoms with E-state index >= 15 is 0 Å². The number of carbonyl (C=O) groups excluding carboxylic acids is 1. The van der Waals surface area contributed by atoms with E-state index in [0.717, 1.165) is 16.4 Å². The molecular formula is C21H24N4O4S2. The van der Waals surface area contributed by atoms with Gasteiger partial charge in [-0.05, 0) is 43.7 Å². The standard InChI is InChI=1S/C21H24N4O4S2/c1-15-5-6-18(31(27,28)22-13-17-4-3-11-29-17)12-19(15)20(26)24-7-9-25(10-8-24)21-23-16(2)14-30-21/h3-6,11-12,14,22H,7-10,13H2,1-2H3. The van der Waals surface area contributed by atoms with Gasteiger partial charge < -0.3 is 14.2 Å². The number of hydrogen-bond acceptors (Lipinski definition) is 7. The number of aromatic nitrogens is 1. The normalized spacial score (nSPS) is 14.8. The lowest BCUT2D eigenvalue weighted by Gasteiger charge is -2.34. The van der Waals surface area contributed by atoms with Crippen LogP contribution in [0.25, 0.3) is 0 Å². The van der Waals surface area contributed by atoms with Gasteiger partial charge in [-0.25, -0.2) is 18.1 Å². The van der Waals surface area contributed by atoms with Crippen LogP contribution in [0, 0.1) is 13.8 Å². The second kappa shape index (κ2) is 8.81. The zero-order valence-electron chi connectivity index (χ0n) is 17.4. The molecule has 1 saturated heterocycles. The monoisotopic (exact) mass is 460 g/mol. The molecule has 4 rings (SSSR count). The molecule has 0 bridgehead atoms. The van der Waals surface area contributed by atoms with Crippen LogP contribution in [0.3, 0.4) is 0 Å². The maximum atomic E-state index is 13.2. The van der Waals surface area contributed by atoms with Gasteiger partial charge in [0.1, 0.15) is 5.76 Å². The van der Waals surface area contributed by atoms with Gasteiger partial charge in [-0.1, -0.05) is 6.07 Å². The summed E-state index contributed by atoms with van der Waals surface area (Å²) in [4.78, 5) is 21.7. The first-order valence-electron chi connectivity index (χ1n) is 9.92. The first kappa shape index (κ1) is 21.5. The molecule has 1 aliphatic rings. The van der Waals surface area contributed by atoms with Gasteiger partial charge in [-0.2, -0.15) is 0 Å². The summed E-state index contributed by atoms with van der Waals surface area (Å²) in [6.07, 6.45) is 1.49. The Morgan fingerprint density at radius 1 is 1.19 bits per heavy atom. The summed E-state index contributed by atoms with van der Waals surface area (Å²) in [7, 11) is -3.78. The van der Waals surface area contributed by atoms with Crippen LogP contribution in [-0.2, 0) is 16.6 Å². The van der Waals surface area contributed by atoms with Crippen LogP contribution in [0.5, 0.6) is 0 Å². The third-order valence-corrected chi connectivity index (χ3v) is 7.63. The second-order valence-electron chi connectivity index (χ2n) is 7.43. The average Bonchev–Trinajstić information content (AvgIpc) is 3.44. The number of sulfonamides is 1. The van der Waals surface area contributed by atoms with E-state index in [2.05, 4.69) is 14.6 Å². The van der Waals surface area contributed by atoms with E-state index in [-0.39, 0.29) is 17.3 Å². The Hall–Kier alpha value is -2.69. The maximum Gasteiger partial charge on any atom is 0.254 e. The van der Waals surface area contributed by atoms with E-state index in [1.165, 1.54) is 18.4 Å². The number of thiazole rings is 1. The number of nitrogens with one attached hydrogen (secondary N) is 1. The number of benzene rings is 1. The number of piperazine rings is 1. The third-order valence-electron chi connectivity index (χ3n) is 5.21. The minimum Gasteiger partial charge on any atom is -0.468 e. The number of carbonyl (C=O) groups is 1. The largest absolute Gasteiger partial charge is 0.468 e. The van der Waals surface area contributed by atoms with Crippen molar-refractivity contribution in [1.82, 2.24) is 14.6 Å². The predicted molar refractivity (Wildman–Crippen MR) is 119 cm³/mol. The van der Waals surface area contributed by atoms with Crippen molar-refractivity contribution in [2.45, 2.75) is 25.3 Å². The molecule has 0 unspecified atom stereocenters. The van der Waals surface area contributed by atoms with Gasteiger partial charge >= 0.3 is 0 Å². The molecule has 3 aromatic rings. The molecular weight excluding hydrogens is 436 g/mol. The highest BCUT2D eigenvalue weighted by Gasteiger charge is 2.26. The van der Waals surface area contributed by atoms with Gasteiger partial charge in [0, 0.05) is 37.1 Å². The van der Waals surface area contributed by atoms with E-state index in [9.17, 15) is 13.2 Å². The van der Waals surface area contributed by atoms with Gasteiger partial charge in [-0.3, -0.25) is 4.79 Å². The van der Waals surface area contributed by atoms with Crippen LogP contribution in [0.2, 0.25) is 0 Å². The van der Waals surface area contributed by atoms with Crippen molar-refractivity contribution < 1.29 is 17.6 Å². The minimum atomic E-state index is -3.78. The van der Waals surface area contributed by atoms with Gasteiger partial charge in [0.25, 0.3) is 5.91 Å². The van der Waals surface area contributed by atoms with Gasteiger partial charge in [0.2, 0.25) is 10.0 Å². The topological polar surface area (TPSA) is 95.8 Å². The first-order chi connectivity index (χ1) is 14.8. The fourth-order valence-electron chi connectivity index (χ4n) is 3.42. The molecule has 3 heterocycles. The highest BCUT2D eigenvalue weighted by Crippen LogP contribution is 2.23. The molecule has 2 aromatic heterocycles. The number of anilines is 1. The Bertz CT molecular complexity index is 1160. The van der Waals surface area contributed by atoms with Crippen LogP contribution in [0.1, 0.15) is 27.4 Å². The summed E-state index contributed by atoms with van der Waals surface area (Å²) in [5.41, 5.74) is 2.14. The summed E-state index contributed by atoms with van der Waals surface area (Å²) in [5.74, 6) is 0.357. The van der Waals surface area contributed by atoms with E-state index < -0.39 is 10.0 Å². The Morgan fingerprint density at radius 3 is 2.61 bits per heavy atom. The lowest BCUT2D eigenvalue weighted by Crippen LogP contribution is -2.49. The predicted octanol–water partition coefficient (Wildman–Crippen LogP) is 2.79. The van der Waals surface area contributed by atoms with Gasteiger partial charge in [-0.15, -0.1) is 11.3 Å². The van der Waals surface area contributed by atoms with Crippen LogP contribution in [0.4, 0.5) is 5.13 Å². The zero-order chi connectivity index (χ0) is 22.0. The molecule has 164 valence electrons. The molecule has 8 nitrogen and oxygen atoms in total. The van der Waals surface area contributed by atoms with E-state index in [1.54, 1.807) is 34.4 Å². The van der Waals surface area contributed by atoms with Gasteiger partial charge in [0.15, 0.2) is 5.13 Å². The second-order valence-corrected chi connectivity index (χ2v) is 10.0. The summed E-state index contributed by atoms with van der Waals surface area (Å²) < 4.78 is 33.1. The van der Waals surface area contributed by atoms with Crippen LogP contribution in [-0.4, -0.2) is 50.4 Å². The molecule has 31 heavy (non-hydrogen) atoms. The quantitative estimate of drug-likeness (QED) is 0.608. The van der Waals surface area contributed by atoms with Crippen molar-refractivity contribution in [3.8, 4) is 0 Å². The molecule has 1 aromatic carbocycles. The molecule has 0 aliphatic carbocycles. The number of nitrogens with zero attached hydrogens (tertiary/aromatic N) is 3. The summed E-state index contributed by atoms with van der Waals surface area (Å²) in [5, 5.41) is 2.98. The van der Waals surface area contributed by atoms with Crippen molar-refractivity contribution in [3.63, 3.8) is 0 Å². The average molecular weight is 461 g/mol. The van der Waals surface area contributed by atoms with E-state index in [0.29, 0.717) is 37.5 Å². The minimum absolute atomic E-state index is 0.0463. The molecule has 1 N–H and O–H groups in total. The number of aryl methyl sites for hydroxylation is 2. The van der Waals surface area contributed by atoms with E-state index in [1.807, 2.05) is 19.2 Å². The molecule has 1 aliphatic heterocycles. The summed E-state index contributed by atoms with van der Waals surface area (Å²) in [6, 6.07) is 8.03. The molecule has 10 heteroatoms.